The highest BCUT2D eigenvalue weighted by Gasteiger charge is 2.23. The van der Waals surface area contributed by atoms with E-state index >= 15 is 0 Å². The lowest BCUT2D eigenvalue weighted by atomic mass is 10.00. The molecule has 0 saturated carbocycles. The second-order valence-electron chi connectivity index (χ2n) is 6.63. The zero-order valence-corrected chi connectivity index (χ0v) is 19.5. The highest BCUT2D eigenvalue weighted by atomic mass is 127. The first kappa shape index (κ1) is 23.9. The molecule has 27 heavy (non-hydrogen) atoms. The lowest BCUT2D eigenvalue weighted by Crippen LogP contribution is -2.41. The van der Waals surface area contributed by atoms with Gasteiger partial charge >= 0.3 is 0 Å². The number of aliphatic imine (C=N–C) groups is 1. The molecule has 1 unspecified atom stereocenters. The van der Waals surface area contributed by atoms with E-state index in [1.807, 2.05) is 29.8 Å². The first-order valence-electron chi connectivity index (χ1n) is 9.01. The number of rotatable bonds is 9. The molecule has 2 rings (SSSR count). The van der Waals surface area contributed by atoms with E-state index in [1.54, 1.807) is 18.3 Å². The summed E-state index contributed by atoms with van der Waals surface area (Å²) in [7, 11) is 2.11. The van der Waals surface area contributed by atoms with Gasteiger partial charge in [0.2, 0.25) is 0 Å². The van der Waals surface area contributed by atoms with Crippen molar-refractivity contribution in [2.45, 2.75) is 26.0 Å². The van der Waals surface area contributed by atoms with Gasteiger partial charge in [0, 0.05) is 26.2 Å². The molecule has 3 N–H and O–H groups in total. The normalized spacial score (nSPS) is 13.7. The lowest BCUT2D eigenvalue weighted by Gasteiger charge is -2.22. The minimum absolute atomic E-state index is 0. The number of nitrogens with one attached hydrogen (secondary N) is 2. The van der Waals surface area contributed by atoms with E-state index < -0.39 is 5.60 Å². The Morgan fingerprint density at radius 1 is 1.22 bits per heavy atom. The van der Waals surface area contributed by atoms with Crippen LogP contribution < -0.4 is 10.6 Å². The average Bonchev–Trinajstić information content (AvgIpc) is 3.16. The summed E-state index contributed by atoms with van der Waals surface area (Å²) in [5.41, 5.74) is 1.26. The molecule has 0 spiro atoms. The summed E-state index contributed by atoms with van der Waals surface area (Å²) >= 11 is 1.58. The Morgan fingerprint density at radius 2 is 1.96 bits per heavy atom. The summed E-state index contributed by atoms with van der Waals surface area (Å²) in [6.07, 6.45) is 0. The van der Waals surface area contributed by atoms with Gasteiger partial charge in [-0.15, -0.1) is 24.0 Å². The van der Waals surface area contributed by atoms with E-state index in [2.05, 4.69) is 51.8 Å². The number of benzene rings is 1. The van der Waals surface area contributed by atoms with Gasteiger partial charge in [-0.25, -0.2) is 4.99 Å². The van der Waals surface area contributed by atoms with Gasteiger partial charge in [0.25, 0.3) is 0 Å². The van der Waals surface area contributed by atoms with Crippen molar-refractivity contribution < 1.29 is 5.11 Å². The summed E-state index contributed by atoms with van der Waals surface area (Å²) in [6, 6.07) is 12.4. The fourth-order valence-corrected chi connectivity index (χ4v) is 3.36. The Morgan fingerprint density at radius 3 is 2.59 bits per heavy atom. The van der Waals surface area contributed by atoms with Gasteiger partial charge in [-0.1, -0.05) is 30.3 Å². The number of hydrogen-bond acceptors (Lipinski definition) is 4. The van der Waals surface area contributed by atoms with Gasteiger partial charge in [-0.3, -0.25) is 0 Å². The molecule has 0 aliphatic rings. The molecule has 0 amide bonds. The molecule has 0 aliphatic heterocycles. The third-order valence-electron chi connectivity index (χ3n) is 4.11. The van der Waals surface area contributed by atoms with E-state index in [4.69, 9.17) is 0 Å². The van der Waals surface area contributed by atoms with Gasteiger partial charge in [0.15, 0.2) is 5.96 Å². The van der Waals surface area contributed by atoms with Crippen molar-refractivity contribution in [2.24, 2.45) is 4.99 Å². The predicted octanol–water partition coefficient (Wildman–Crippen LogP) is 3.26. The van der Waals surface area contributed by atoms with Crippen LogP contribution in [0.15, 0.2) is 52.2 Å². The predicted molar refractivity (Wildman–Crippen MR) is 126 cm³/mol. The number of thiophene rings is 1. The van der Waals surface area contributed by atoms with Crippen molar-refractivity contribution >= 4 is 41.3 Å². The minimum Gasteiger partial charge on any atom is -0.383 e. The second-order valence-corrected chi connectivity index (χ2v) is 7.41. The van der Waals surface area contributed by atoms with Crippen LogP contribution in [0.25, 0.3) is 0 Å². The monoisotopic (exact) mass is 502 g/mol. The highest BCUT2D eigenvalue weighted by Crippen LogP contribution is 2.23. The number of halogens is 1. The van der Waals surface area contributed by atoms with Crippen molar-refractivity contribution in [3.8, 4) is 0 Å². The van der Waals surface area contributed by atoms with Crippen LogP contribution in [0.5, 0.6) is 0 Å². The molecule has 1 heterocycles. The molecule has 2 aromatic rings. The first-order chi connectivity index (χ1) is 12.5. The quantitative estimate of drug-likeness (QED) is 0.280. The smallest absolute Gasteiger partial charge is 0.191 e. The summed E-state index contributed by atoms with van der Waals surface area (Å²) in [5, 5.41) is 21.1. The van der Waals surface area contributed by atoms with Crippen molar-refractivity contribution in [1.82, 2.24) is 15.5 Å². The SMILES string of the molecule is CCNC(=NCC(C)(O)c1ccsc1)NCCN(C)Cc1ccccc1.I. The molecule has 150 valence electrons. The third kappa shape index (κ3) is 8.59. The number of guanidine groups is 1. The Balaban J connectivity index is 0.00000364. The first-order valence-corrected chi connectivity index (χ1v) is 9.95. The standard InChI is InChI=1S/C20H30N4OS.HI/c1-4-21-19(23-16-20(2,25)18-10-13-26-15-18)22-11-12-24(3)14-17-8-6-5-7-9-17;/h5-10,13,15,25H,4,11-12,14,16H2,1-3H3,(H2,21,22,23);1H. The van der Waals surface area contributed by atoms with Crippen molar-refractivity contribution in [2.75, 3.05) is 33.2 Å². The number of nitrogens with zero attached hydrogens (tertiary/aromatic N) is 2. The largest absolute Gasteiger partial charge is 0.383 e. The van der Waals surface area contributed by atoms with Crippen LogP contribution in [0.3, 0.4) is 0 Å². The van der Waals surface area contributed by atoms with E-state index in [0.29, 0.717) is 6.54 Å². The molecular formula is C20H31IN4OS. The fourth-order valence-electron chi connectivity index (χ4n) is 2.58. The zero-order valence-electron chi connectivity index (χ0n) is 16.3. The Bertz CT molecular complexity index is 662. The summed E-state index contributed by atoms with van der Waals surface area (Å²) in [4.78, 5) is 6.82. The molecule has 1 aromatic carbocycles. The van der Waals surface area contributed by atoms with Gasteiger partial charge < -0.3 is 20.6 Å². The van der Waals surface area contributed by atoms with Gasteiger partial charge in [0.05, 0.1) is 6.54 Å². The molecule has 1 aromatic heterocycles. The van der Waals surface area contributed by atoms with E-state index in [0.717, 1.165) is 37.7 Å². The molecule has 0 bridgehead atoms. The molecule has 7 heteroatoms. The average molecular weight is 502 g/mol. The van der Waals surface area contributed by atoms with E-state index in [-0.39, 0.29) is 24.0 Å². The summed E-state index contributed by atoms with van der Waals surface area (Å²) in [6.45, 7) is 7.55. The molecule has 5 nitrogen and oxygen atoms in total. The zero-order chi connectivity index (χ0) is 18.8. The van der Waals surface area contributed by atoms with E-state index in [9.17, 15) is 5.11 Å². The van der Waals surface area contributed by atoms with Crippen LogP contribution in [0.4, 0.5) is 0 Å². The van der Waals surface area contributed by atoms with Gasteiger partial charge in [0.1, 0.15) is 5.60 Å². The number of likely N-dealkylation sites (N-methyl/N-ethyl adjacent to an activating group) is 1. The maximum absolute atomic E-state index is 10.6. The highest BCUT2D eigenvalue weighted by molar-refractivity contribution is 14.0. The van der Waals surface area contributed by atoms with Crippen LogP contribution in [0, 0.1) is 0 Å². The van der Waals surface area contributed by atoms with E-state index in [1.165, 1.54) is 5.56 Å². The van der Waals surface area contributed by atoms with Crippen LogP contribution in [-0.4, -0.2) is 49.2 Å². The Kier molecular flexibility index (Phi) is 10.9. The lowest BCUT2D eigenvalue weighted by molar-refractivity contribution is 0.0677. The molecule has 0 fully saturated rings. The van der Waals surface area contributed by atoms with Crippen LogP contribution >= 0.6 is 35.3 Å². The van der Waals surface area contributed by atoms with Crippen LogP contribution in [0.1, 0.15) is 25.0 Å². The summed E-state index contributed by atoms with van der Waals surface area (Å²) < 4.78 is 0. The Labute approximate surface area is 183 Å². The summed E-state index contributed by atoms with van der Waals surface area (Å²) in [5.74, 6) is 0.733. The van der Waals surface area contributed by atoms with Gasteiger partial charge in [-0.2, -0.15) is 11.3 Å². The Hall–Kier alpha value is -1.16. The fraction of sp³-hybridized carbons (Fsp3) is 0.450. The minimum atomic E-state index is -0.952. The molecule has 0 radical (unpaired) electrons. The maximum atomic E-state index is 10.6. The second kappa shape index (κ2) is 12.3. The molecule has 0 aliphatic carbocycles. The van der Waals surface area contributed by atoms with Crippen molar-refractivity contribution in [1.29, 1.82) is 0 Å². The number of aliphatic hydroxyl groups is 1. The topological polar surface area (TPSA) is 59.9 Å². The third-order valence-corrected chi connectivity index (χ3v) is 4.80. The van der Waals surface area contributed by atoms with Gasteiger partial charge in [-0.05, 0) is 48.8 Å². The van der Waals surface area contributed by atoms with Crippen LogP contribution in [-0.2, 0) is 12.1 Å². The molecule has 0 saturated heterocycles. The van der Waals surface area contributed by atoms with Crippen LogP contribution in [0.2, 0.25) is 0 Å². The maximum Gasteiger partial charge on any atom is 0.191 e. The molecule has 1 atom stereocenters. The number of hydrogen-bond donors (Lipinski definition) is 3. The van der Waals surface area contributed by atoms with Crippen molar-refractivity contribution in [3.05, 3.63) is 58.3 Å². The van der Waals surface area contributed by atoms with Crippen molar-refractivity contribution in [3.63, 3.8) is 0 Å². The molecular weight excluding hydrogens is 471 g/mol.